The summed E-state index contributed by atoms with van der Waals surface area (Å²) in [6, 6.07) is 8.34. The smallest absolute Gasteiger partial charge is 0.230 e. The third-order valence-corrected chi connectivity index (χ3v) is 8.50. The number of fused-ring (bicyclic) bond motifs is 3. The van der Waals surface area contributed by atoms with Crippen LogP contribution in [0.4, 0.5) is 0 Å². The second kappa shape index (κ2) is 8.76. The number of hydrogen-bond acceptors (Lipinski definition) is 8. The Morgan fingerprint density at radius 2 is 1.71 bits per heavy atom. The molecule has 2 aromatic carbocycles. The molecule has 0 aliphatic heterocycles. The zero-order valence-corrected chi connectivity index (χ0v) is 21.7. The minimum atomic E-state index is -2.66. The molecule has 5 rings (SSSR count). The van der Waals surface area contributed by atoms with Gasteiger partial charge in [-0.15, -0.1) is 0 Å². The molecule has 2 saturated carbocycles. The first-order valence-corrected chi connectivity index (χ1v) is 12.6. The van der Waals surface area contributed by atoms with Gasteiger partial charge in [0.15, 0.2) is 11.4 Å². The molecule has 0 bridgehead atoms. The molecule has 2 aromatic rings. The van der Waals surface area contributed by atoms with Crippen LogP contribution in [-0.2, 0) is 20.8 Å². The lowest BCUT2D eigenvalue weighted by atomic mass is 9.54. The van der Waals surface area contributed by atoms with Crippen molar-refractivity contribution in [2.75, 3.05) is 14.1 Å². The van der Waals surface area contributed by atoms with E-state index >= 15 is 0 Å². The maximum absolute atomic E-state index is 13.9. The fourth-order valence-corrected chi connectivity index (χ4v) is 7.01. The lowest BCUT2D eigenvalue weighted by Crippen LogP contribution is -2.73. The van der Waals surface area contributed by atoms with Crippen molar-refractivity contribution in [1.82, 2.24) is 4.90 Å². The lowest BCUT2D eigenvalue weighted by Gasteiger charge is -2.53. The van der Waals surface area contributed by atoms with Gasteiger partial charge in [0.2, 0.25) is 11.7 Å². The number of nitrogens with zero attached hydrogens (tertiary/aromatic N) is 1. The van der Waals surface area contributed by atoms with Crippen LogP contribution in [0, 0.1) is 31.6 Å². The Bertz CT molecular complexity index is 1410. The Kier molecular flexibility index (Phi) is 6.01. The summed E-state index contributed by atoms with van der Waals surface area (Å²) in [5.74, 6) is -7.48. The molecule has 2 unspecified atom stereocenters. The second-order valence-electron chi connectivity index (χ2n) is 11.2. The Labute approximate surface area is 220 Å². The highest BCUT2D eigenvalue weighted by atomic mass is 16.3. The predicted molar refractivity (Wildman–Crippen MR) is 139 cm³/mol. The lowest BCUT2D eigenvalue weighted by molar-refractivity contribution is -0.184. The average Bonchev–Trinajstić information content (AvgIpc) is 2.80. The molecule has 3 aliphatic carbocycles. The van der Waals surface area contributed by atoms with E-state index in [1.807, 2.05) is 32.0 Å². The van der Waals surface area contributed by atoms with Gasteiger partial charge in [-0.25, -0.2) is 0 Å². The SMILES string of the molecule is Cc1cc(C)cc(-c2ccc(O)c3c2C[C@H]2C[C@H]4[C@H](N(C)C)C(O)C(C(N)=O)C(=O)[C@@]4(O)C(=O)C2=C3O)c1. The van der Waals surface area contributed by atoms with Crippen LogP contribution in [0.15, 0.2) is 35.9 Å². The average molecular weight is 521 g/mol. The molecule has 1 amide bonds. The third kappa shape index (κ3) is 3.53. The number of carbonyl (C=O) groups is 3. The molecule has 3 aliphatic rings. The highest BCUT2D eigenvalue weighted by Gasteiger charge is 2.67. The van der Waals surface area contributed by atoms with Gasteiger partial charge in [0, 0.05) is 17.5 Å². The van der Waals surface area contributed by atoms with Gasteiger partial charge in [0.25, 0.3) is 0 Å². The van der Waals surface area contributed by atoms with Crippen LogP contribution in [0.25, 0.3) is 16.9 Å². The van der Waals surface area contributed by atoms with Gasteiger partial charge >= 0.3 is 0 Å². The number of aryl methyl sites for hydroxylation is 2. The summed E-state index contributed by atoms with van der Waals surface area (Å²) in [7, 11) is 3.25. The van der Waals surface area contributed by atoms with E-state index in [2.05, 4.69) is 0 Å². The van der Waals surface area contributed by atoms with Crippen molar-refractivity contribution < 1.29 is 34.8 Å². The number of Topliss-reactive ketones (excluding diaryl/α,β-unsaturated/α-hetero) is 2. The quantitative estimate of drug-likeness (QED) is 0.380. The monoisotopic (exact) mass is 520 g/mol. The zero-order valence-electron chi connectivity index (χ0n) is 21.7. The number of aliphatic hydroxyl groups excluding tert-OH is 2. The molecule has 0 aromatic heterocycles. The maximum atomic E-state index is 13.9. The molecule has 0 heterocycles. The van der Waals surface area contributed by atoms with E-state index in [9.17, 15) is 34.8 Å². The number of phenols is 1. The topological polar surface area (TPSA) is 161 Å². The molecule has 38 heavy (non-hydrogen) atoms. The van der Waals surface area contributed by atoms with Crippen LogP contribution < -0.4 is 5.73 Å². The number of carbonyl (C=O) groups excluding carboxylic acids is 3. The summed E-state index contributed by atoms with van der Waals surface area (Å²) >= 11 is 0. The van der Waals surface area contributed by atoms with Gasteiger partial charge in [-0.2, -0.15) is 0 Å². The number of amides is 1. The molecule has 6 N–H and O–H groups in total. The molecular weight excluding hydrogens is 488 g/mol. The number of benzene rings is 2. The predicted octanol–water partition coefficient (Wildman–Crippen LogP) is 1.41. The Balaban J connectivity index is 1.71. The molecule has 2 fully saturated rings. The van der Waals surface area contributed by atoms with E-state index in [0.29, 0.717) is 5.56 Å². The number of ketones is 2. The van der Waals surface area contributed by atoms with E-state index in [4.69, 9.17) is 5.73 Å². The number of likely N-dealkylation sites (N-methyl/N-ethyl adjacent to an activating group) is 1. The van der Waals surface area contributed by atoms with E-state index in [1.165, 1.54) is 6.07 Å². The highest BCUT2D eigenvalue weighted by Crippen LogP contribution is 2.53. The number of hydrogen-bond donors (Lipinski definition) is 5. The van der Waals surface area contributed by atoms with E-state index in [-0.39, 0.29) is 29.7 Å². The summed E-state index contributed by atoms with van der Waals surface area (Å²) < 4.78 is 0. The molecular formula is C29H32N2O7. The van der Waals surface area contributed by atoms with E-state index in [0.717, 1.165) is 22.3 Å². The number of rotatable bonds is 3. The van der Waals surface area contributed by atoms with Crippen molar-refractivity contribution in [3.63, 3.8) is 0 Å². The van der Waals surface area contributed by atoms with Gasteiger partial charge in [-0.1, -0.05) is 35.4 Å². The minimum Gasteiger partial charge on any atom is -0.507 e. The van der Waals surface area contributed by atoms with Gasteiger partial charge in [-0.3, -0.25) is 14.4 Å². The minimum absolute atomic E-state index is 0.0835. The van der Waals surface area contributed by atoms with E-state index < -0.39 is 58.7 Å². The molecule has 9 nitrogen and oxygen atoms in total. The first-order valence-electron chi connectivity index (χ1n) is 12.6. The summed E-state index contributed by atoms with van der Waals surface area (Å²) in [6.45, 7) is 3.96. The van der Waals surface area contributed by atoms with Crippen LogP contribution in [0.1, 0.15) is 28.7 Å². The third-order valence-electron chi connectivity index (χ3n) is 8.50. The normalized spacial score (nSPS) is 30.7. The summed E-state index contributed by atoms with van der Waals surface area (Å²) in [5, 5.41) is 44.9. The molecule has 0 saturated heterocycles. The van der Waals surface area contributed by atoms with Crippen molar-refractivity contribution in [2.45, 2.75) is 44.4 Å². The number of aliphatic hydroxyl groups is 3. The van der Waals surface area contributed by atoms with Gasteiger partial charge in [0.1, 0.15) is 17.4 Å². The Morgan fingerprint density at radius 3 is 2.29 bits per heavy atom. The van der Waals surface area contributed by atoms with Crippen LogP contribution in [0.2, 0.25) is 0 Å². The van der Waals surface area contributed by atoms with Gasteiger partial charge in [0.05, 0.1) is 11.7 Å². The number of nitrogens with two attached hydrogens (primary N) is 1. The van der Waals surface area contributed by atoms with Crippen LogP contribution >= 0.6 is 0 Å². The number of primary amides is 1. The Hall–Kier alpha value is -3.53. The zero-order chi connectivity index (χ0) is 27.8. The standard InChI is InChI=1S/C29H32N2O7/c1-12-7-13(2)9-14(8-12)16-5-6-19(32)21-17(16)10-15-11-18-23(31(3)4)25(34)22(28(30)37)27(36)29(18,38)26(35)20(15)24(21)33/h5-9,15,18,22-23,25,32-34,38H,10-11H2,1-4H3,(H2,30,37)/t15-,18-,22?,23-,25?,29-/m0/s1. The summed E-state index contributed by atoms with van der Waals surface area (Å²) in [5.41, 5.74) is 7.11. The number of aromatic hydroxyl groups is 1. The van der Waals surface area contributed by atoms with Crippen molar-refractivity contribution in [1.29, 1.82) is 0 Å². The van der Waals surface area contributed by atoms with Crippen LogP contribution in [0.5, 0.6) is 5.75 Å². The first-order chi connectivity index (χ1) is 17.8. The van der Waals surface area contributed by atoms with Crippen molar-refractivity contribution in [3.8, 4) is 16.9 Å². The molecule has 0 spiro atoms. The first kappa shape index (κ1) is 26.1. The second-order valence-corrected chi connectivity index (χ2v) is 11.2. The maximum Gasteiger partial charge on any atom is 0.230 e. The van der Waals surface area contributed by atoms with Crippen LogP contribution in [-0.4, -0.2) is 74.6 Å². The summed E-state index contributed by atoms with van der Waals surface area (Å²) in [4.78, 5) is 41.1. The highest BCUT2D eigenvalue weighted by molar-refractivity contribution is 6.25. The van der Waals surface area contributed by atoms with Crippen LogP contribution in [0.3, 0.4) is 0 Å². The fourth-order valence-electron chi connectivity index (χ4n) is 7.01. The molecule has 0 radical (unpaired) electrons. The van der Waals surface area contributed by atoms with Gasteiger partial charge < -0.3 is 31.1 Å². The van der Waals surface area contributed by atoms with Crippen molar-refractivity contribution >= 4 is 23.2 Å². The van der Waals surface area contributed by atoms with E-state index in [1.54, 1.807) is 25.1 Å². The van der Waals surface area contributed by atoms with Crippen molar-refractivity contribution in [3.05, 3.63) is 58.2 Å². The molecule has 9 heteroatoms. The Morgan fingerprint density at radius 1 is 1.08 bits per heavy atom. The van der Waals surface area contributed by atoms with Gasteiger partial charge in [-0.05, 0) is 69.5 Å². The number of phenolic OH excluding ortho intramolecular Hbond substituents is 1. The molecule has 6 atom stereocenters. The summed E-state index contributed by atoms with van der Waals surface area (Å²) in [6.07, 6.45) is -1.17. The fraction of sp³-hybridized carbons (Fsp3) is 0.414. The van der Waals surface area contributed by atoms with Crippen molar-refractivity contribution in [2.24, 2.45) is 23.5 Å². The molecule has 200 valence electrons. The largest absolute Gasteiger partial charge is 0.507 e.